The van der Waals surface area contributed by atoms with E-state index in [0.717, 1.165) is 11.3 Å². The largest absolute Gasteiger partial charge is 0.489 e. The third-order valence-corrected chi connectivity index (χ3v) is 3.96. The SMILES string of the molecule is Cc1ccc(OCc2ccc(C(=O)Nc3cccc([N+](=O)[O-])c3)cc2)cc1. The quantitative estimate of drug-likeness (QED) is 0.507. The number of nitro groups is 1. The Morgan fingerprint density at radius 3 is 2.41 bits per heavy atom. The smallest absolute Gasteiger partial charge is 0.271 e. The van der Waals surface area contributed by atoms with Crippen molar-refractivity contribution in [1.82, 2.24) is 0 Å². The van der Waals surface area contributed by atoms with Crippen molar-refractivity contribution in [2.24, 2.45) is 0 Å². The molecule has 3 rings (SSSR count). The van der Waals surface area contributed by atoms with Crippen LogP contribution >= 0.6 is 0 Å². The van der Waals surface area contributed by atoms with Crippen LogP contribution < -0.4 is 10.1 Å². The van der Waals surface area contributed by atoms with Crippen molar-refractivity contribution in [2.75, 3.05) is 5.32 Å². The van der Waals surface area contributed by atoms with Gasteiger partial charge >= 0.3 is 0 Å². The second-order valence-electron chi connectivity index (χ2n) is 6.06. The number of hydrogen-bond donors (Lipinski definition) is 1. The molecule has 0 fully saturated rings. The Bertz CT molecular complexity index is 951. The summed E-state index contributed by atoms with van der Waals surface area (Å²) in [5.41, 5.74) is 2.86. The van der Waals surface area contributed by atoms with E-state index in [-0.39, 0.29) is 11.6 Å². The summed E-state index contributed by atoms with van der Waals surface area (Å²) in [6.07, 6.45) is 0. The maximum Gasteiger partial charge on any atom is 0.271 e. The van der Waals surface area contributed by atoms with Crippen LogP contribution in [0.25, 0.3) is 0 Å². The number of anilines is 1. The number of hydrogen-bond acceptors (Lipinski definition) is 4. The molecular formula is C21H18N2O4. The highest BCUT2D eigenvalue weighted by Gasteiger charge is 2.10. The predicted octanol–water partition coefficient (Wildman–Crippen LogP) is 4.73. The maximum absolute atomic E-state index is 12.3. The molecule has 0 bridgehead atoms. The minimum atomic E-state index is -0.501. The van der Waals surface area contributed by atoms with Crippen molar-refractivity contribution >= 4 is 17.3 Å². The fourth-order valence-corrected chi connectivity index (χ4v) is 2.45. The summed E-state index contributed by atoms with van der Waals surface area (Å²) in [5.74, 6) is 0.453. The number of rotatable bonds is 6. The first-order valence-electron chi connectivity index (χ1n) is 8.35. The molecule has 0 aromatic heterocycles. The van der Waals surface area contributed by atoms with Crippen molar-refractivity contribution in [3.05, 3.63) is 99.6 Å². The highest BCUT2D eigenvalue weighted by molar-refractivity contribution is 6.04. The van der Waals surface area contributed by atoms with Crippen molar-refractivity contribution in [3.8, 4) is 5.75 Å². The van der Waals surface area contributed by atoms with Crippen LogP contribution in [-0.4, -0.2) is 10.8 Å². The Morgan fingerprint density at radius 2 is 1.74 bits per heavy atom. The number of nitro benzene ring substituents is 1. The molecule has 0 atom stereocenters. The molecule has 0 heterocycles. The Labute approximate surface area is 156 Å². The summed E-state index contributed by atoms with van der Waals surface area (Å²) in [7, 11) is 0. The van der Waals surface area contributed by atoms with E-state index in [9.17, 15) is 14.9 Å². The molecule has 1 amide bonds. The number of ether oxygens (including phenoxy) is 1. The molecule has 27 heavy (non-hydrogen) atoms. The summed E-state index contributed by atoms with van der Waals surface area (Å²) in [4.78, 5) is 22.6. The Balaban J connectivity index is 1.60. The van der Waals surface area contributed by atoms with Crippen LogP contribution in [0.3, 0.4) is 0 Å². The monoisotopic (exact) mass is 362 g/mol. The van der Waals surface area contributed by atoms with Gasteiger partial charge in [0, 0.05) is 23.4 Å². The van der Waals surface area contributed by atoms with Crippen LogP contribution in [0.5, 0.6) is 5.75 Å². The van der Waals surface area contributed by atoms with E-state index in [2.05, 4.69) is 5.32 Å². The van der Waals surface area contributed by atoms with Gasteiger partial charge in [-0.2, -0.15) is 0 Å². The summed E-state index contributed by atoms with van der Waals surface area (Å²) >= 11 is 0. The van der Waals surface area contributed by atoms with Gasteiger partial charge in [-0.05, 0) is 42.8 Å². The van der Waals surface area contributed by atoms with Crippen molar-refractivity contribution in [3.63, 3.8) is 0 Å². The molecule has 3 aromatic carbocycles. The standard InChI is InChI=1S/C21H18N2O4/c1-15-5-11-20(12-6-15)27-14-16-7-9-17(10-8-16)21(24)22-18-3-2-4-19(13-18)23(25)26/h2-13H,14H2,1H3,(H,22,24). The maximum atomic E-state index is 12.3. The summed E-state index contributed by atoms with van der Waals surface area (Å²) in [6, 6.07) is 20.6. The van der Waals surface area contributed by atoms with Crippen LogP contribution in [0.15, 0.2) is 72.8 Å². The zero-order valence-electron chi connectivity index (χ0n) is 14.7. The lowest BCUT2D eigenvalue weighted by atomic mass is 10.1. The number of non-ortho nitro benzene ring substituents is 1. The van der Waals surface area contributed by atoms with Gasteiger partial charge in [0.25, 0.3) is 11.6 Å². The van der Waals surface area contributed by atoms with E-state index in [1.807, 2.05) is 43.3 Å². The minimum absolute atomic E-state index is 0.0728. The van der Waals surface area contributed by atoms with Crippen LogP contribution in [0, 0.1) is 17.0 Å². The number of carbonyl (C=O) groups is 1. The first-order chi connectivity index (χ1) is 13.0. The molecule has 0 spiro atoms. The lowest BCUT2D eigenvalue weighted by Crippen LogP contribution is -2.12. The van der Waals surface area contributed by atoms with Gasteiger partial charge in [0.1, 0.15) is 12.4 Å². The lowest BCUT2D eigenvalue weighted by Gasteiger charge is -2.08. The molecular weight excluding hydrogens is 344 g/mol. The number of benzene rings is 3. The van der Waals surface area contributed by atoms with Gasteiger partial charge in [0.2, 0.25) is 0 Å². The molecule has 3 aromatic rings. The van der Waals surface area contributed by atoms with Gasteiger partial charge in [-0.3, -0.25) is 14.9 Å². The normalized spacial score (nSPS) is 10.3. The molecule has 0 radical (unpaired) electrons. The molecule has 0 saturated carbocycles. The molecule has 0 aliphatic carbocycles. The predicted molar refractivity (Wildman–Crippen MR) is 103 cm³/mol. The summed E-state index contributed by atoms with van der Waals surface area (Å²) < 4.78 is 5.71. The van der Waals surface area contributed by atoms with Gasteiger partial charge in [0.15, 0.2) is 0 Å². The van der Waals surface area contributed by atoms with Crippen LogP contribution in [0.2, 0.25) is 0 Å². The van der Waals surface area contributed by atoms with E-state index < -0.39 is 4.92 Å². The van der Waals surface area contributed by atoms with Gasteiger partial charge < -0.3 is 10.1 Å². The zero-order chi connectivity index (χ0) is 19.2. The third kappa shape index (κ3) is 4.92. The summed E-state index contributed by atoms with van der Waals surface area (Å²) in [5, 5.41) is 13.5. The average molecular weight is 362 g/mol. The molecule has 6 heteroatoms. The molecule has 0 saturated heterocycles. The second-order valence-corrected chi connectivity index (χ2v) is 6.06. The topological polar surface area (TPSA) is 81.5 Å². The van der Waals surface area contributed by atoms with E-state index in [1.165, 1.54) is 23.8 Å². The Morgan fingerprint density at radius 1 is 1.04 bits per heavy atom. The number of nitrogens with one attached hydrogen (secondary N) is 1. The summed E-state index contributed by atoms with van der Waals surface area (Å²) in [6.45, 7) is 2.41. The van der Waals surface area contributed by atoms with Crippen molar-refractivity contribution in [2.45, 2.75) is 13.5 Å². The van der Waals surface area contributed by atoms with E-state index in [0.29, 0.717) is 17.9 Å². The van der Waals surface area contributed by atoms with E-state index >= 15 is 0 Å². The number of amides is 1. The highest BCUT2D eigenvalue weighted by atomic mass is 16.6. The Kier molecular flexibility index (Phi) is 5.47. The average Bonchev–Trinajstić information content (AvgIpc) is 2.68. The molecule has 0 unspecified atom stereocenters. The first kappa shape index (κ1) is 18.1. The van der Waals surface area contributed by atoms with Gasteiger partial charge in [0.05, 0.1) is 4.92 Å². The van der Waals surface area contributed by atoms with Gasteiger partial charge in [-0.25, -0.2) is 0 Å². The van der Waals surface area contributed by atoms with Crippen molar-refractivity contribution in [1.29, 1.82) is 0 Å². The van der Waals surface area contributed by atoms with Crippen LogP contribution in [0.4, 0.5) is 11.4 Å². The number of nitrogens with zero attached hydrogens (tertiary/aromatic N) is 1. The van der Waals surface area contributed by atoms with E-state index in [4.69, 9.17) is 4.74 Å². The van der Waals surface area contributed by atoms with E-state index in [1.54, 1.807) is 18.2 Å². The third-order valence-electron chi connectivity index (χ3n) is 3.96. The lowest BCUT2D eigenvalue weighted by molar-refractivity contribution is -0.384. The Hall–Kier alpha value is -3.67. The molecule has 6 nitrogen and oxygen atoms in total. The molecule has 136 valence electrons. The highest BCUT2D eigenvalue weighted by Crippen LogP contribution is 2.18. The second kappa shape index (κ2) is 8.14. The first-order valence-corrected chi connectivity index (χ1v) is 8.35. The van der Waals surface area contributed by atoms with Gasteiger partial charge in [-0.1, -0.05) is 35.9 Å². The zero-order valence-corrected chi connectivity index (χ0v) is 14.7. The fourth-order valence-electron chi connectivity index (χ4n) is 2.45. The van der Waals surface area contributed by atoms with Crippen LogP contribution in [-0.2, 0) is 6.61 Å². The number of carbonyl (C=O) groups excluding carboxylic acids is 1. The van der Waals surface area contributed by atoms with Gasteiger partial charge in [-0.15, -0.1) is 0 Å². The fraction of sp³-hybridized carbons (Fsp3) is 0.0952. The molecule has 0 aliphatic heterocycles. The molecule has 1 N–H and O–H groups in total. The molecule has 0 aliphatic rings. The van der Waals surface area contributed by atoms with Crippen molar-refractivity contribution < 1.29 is 14.5 Å². The van der Waals surface area contributed by atoms with Crippen LogP contribution in [0.1, 0.15) is 21.5 Å². The minimum Gasteiger partial charge on any atom is -0.489 e. The number of aryl methyl sites for hydroxylation is 1.